The highest BCUT2D eigenvalue weighted by molar-refractivity contribution is 5.95. The average molecular weight is 280 g/mol. The van der Waals surface area contributed by atoms with Gasteiger partial charge in [-0.15, -0.1) is 0 Å². The van der Waals surface area contributed by atoms with Gasteiger partial charge in [-0.25, -0.2) is 4.79 Å². The third-order valence-electron chi connectivity index (χ3n) is 2.94. The van der Waals surface area contributed by atoms with E-state index in [2.05, 4.69) is 5.32 Å². The number of nitro groups is 1. The highest BCUT2D eigenvalue weighted by Gasteiger charge is 2.26. The molecule has 1 aliphatic rings. The molecule has 0 aromatic heterocycles. The normalized spacial score (nSPS) is 17.6. The van der Waals surface area contributed by atoms with Gasteiger partial charge in [0, 0.05) is 12.5 Å². The molecule has 1 aromatic rings. The number of carboxylic acids is 1. The van der Waals surface area contributed by atoms with Crippen molar-refractivity contribution in [1.82, 2.24) is 5.32 Å². The third kappa shape index (κ3) is 2.85. The molecule has 1 aromatic carbocycles. The molecule has 8 nitrogen and oxygen atoms in total. The van der Waals surface area contributed by atoms with Gasteiger partial charge >= 0.3 is 5.97 Å². The number of hydrogen-bond donors (Lipinski definition) is 2. The number of hydrogen-bond acceptors (Lipinski definition) is 5. The maximum Gasteiger partial charge on any atom is 0.346 e. The lowest BCUT2D eigenvalue weighted by molar-refractivity contribution is -0.385. The van der Waals surface area contributed by atoms with Crippen LogP contribution >= 0.6 is 0 Å². The van der Waals surface area contributed by atoms with Gasteiger partial charge in [-0.1, -0.05) is 6.07 Å². The molecule has 1 atom stereocenters. The fraction of sp³-hybridized carbons (Fsp3) is 0.333. The first kappa shape index (κ1) is 13.8. The number of carbonyl (C=O) groups excluding carboxylic acids is 1. The SMILES string of the molecule is O=C1CCC(COc2cccc([N+](=O)[O-])c2C(=O)O)N1. The van der Waals surface area contributed by atoms with Crippen LogP contribution in [0.4, 0.5) is 5.69 Å². The van der Waals surface area contributed by atoms with E-state index in [0.29, 0.717) is 12.8 Å². The highest BCUT2D eigenvalue weighted by atomic mass is 16.6. The molecule has 1 fully saturated rings. The van der Waals surface area contributed by atoms with E-state index in [0.717, 1.165) is 6.07 Å². The Morgan fingerprint density at radius 2 is 2.30 bits per heavy atom. The van der Waals surface area contributed by atoms with Crippen molar-refractivity contribution in [3.05, 3.63) is 33.9 Å². The van der Waals surface area contributed by atoms with E-state index in [9.17, 15) is 19.7 Å². The van der Waals surface area contributed by atoms with E-state index in [1.54, 1.807) is 0 Å². The molecule has 1 unspecified atom stereocenters. The topological polar surface area (TPSA) is 119 Å². The molecule has 0 bridgehead atoms. The Hall–Kier alpha value is -2.64. The Labute approximate surface area is 113 Å². The van der Waals surface area contributed by atoms with Crippen molar-refractivity contribution in [3.8, 4) is 5.75 Å². The summed E-state index contributed by atoms with van der Waals surface area (Å²) in [6, 6.07) is 3.61. The lowest BCUT2D eigenvalue weighted by atomic mass is 10.1. The summed E-state index contributed by atoms with van der Waals surface area (Å²) in [5, 5.41) is 22.6. The summed E-state index contributed by atoms with van der Waals surface area (Å²) in [5.41, 5.74) is -1.01. The zero-order valence-corrected chi connectivity index (χ0v) is 10.4. The second kappa shape index (κ2) is 5.55. The summed E-state index contributed by atoms with van der Waals surface area (Å²) in [5.74, 6) is -1.59. The molecular formula is C12H12N2O6. The maximum absolute atomic E-state index is 11.1. The molecule has 2 rings (SSSR count). The highest BCUT2D eigenvalue weighted by Crippen LogP contribution is 2.28. The number of aromatic carboxylic acids is 1. The van der Waals surface area contributed by atoms with Crippen LogP contribution in [0.5, 0.6) is 5.75 Å². The number of carboxylic acid groups (broad SMARTS) is 1. The summed E-state index contributed by atoms with van der Waals surface area (Å²) in [6.45, 7) is 0.0766. The van der Waals surface area contributed by atoms with Gasteiger partial charge in [0.2, 0.25) is 5.91 Å². The van der Waals surface area contributed by atoms with E-state index in [1.807, 2.05) is 0 Å². The molecule has 1 heterocycles. The summed E-state index contributed by atoms with van der Waals surface area (Å²) in [6.07, 6.45) is 0.991. The Bertz CT molecular complexity index is 571. The third-order valence-corrected chi connectivity index (χ3v) is 2.94. The number of nitro benzene ring substituents is 1. The smallest absolute Gasteiger partial charge is 0.346 e. The first-order chi connectivity index (χ1) is 9.49. The van der Waals surface area contributed by atoms with Crippen molar-refractivity contribution in [1.29, 1.82) is 0 Å². The van der Waals surface area contributed by atoms with Gasteiger partial charge in [0.05, 0.1) is 11.0 Å². The zero-order valence-electron chi connectivity index (χ0n) is 10.4. The standard InChI is InChI=1S/C12H12N2O6/c15-10-5-4-7(13-10)6-20-9-3-1-2-8(14(18)19)11(9)12(16)17/h1-3,7H,4-6H2,(H,13,15)(H,16,17). The predicted octanol–water partition coefficient (Wildman–Crippen LogP) is 0.950. The van der Waals surface area contributed by atoms with Crippen molar-refractivity contribution in [3.63, 3.8) is 0 Å². The van der Waals surface area contributed by atoms with Gasteiger partial charge in [-0.2, -0.15) is 0 Å². The molecular weight excluding hydrogens is 268 g/mol. The molecule has 20 heavy (non-hydrogen) atoms. The Kier molecular flexibility index (Phi) is 3.83. The Morgan fingerprint density at radius 1 is 1.55 bits per heavy atom. The van der Waals surface area contributed by atoms with Gasteiger partial charge in [0.15, 0.2) is 5.56 Å². The molecule has 106 valence electrons. The first-order valence-electron chi connectivity index (χ1n) is 5.92. The van der Waals surface area contributed by atoms with Crippen molar-refractivity contribution in [2.24, 2.45) is 0 Å². The van der Waals surface area contributed by atoms with Crippen LogP contribution in [0.1, 0.15) is 23.2 Å². The fourth-order valence-electron chi connectivity index (χ4n) is 2.00. The first-order valence-corrected chi connectivity index (χ1v) is 5.92. The maximum atomic E-state index is 11.1. The van der Waals surface area contributed by atoms with Crippen LogP contribution in [0, 0.1) is 10.1 Å². The number of benzene rings is 1. The van der Waals surface area contributed by atoms with Gasteiger partial charge in [0.25, 0.3) is 5.69 Å². The van der Waals surface area contributed by atoms with Crippen LogP contribution in [-0.4, -0.2) is 34.6 Å². The minimum Gasteiger partial charge on any atom is -0.490 e. The van der Waals surface area contributed by atoms with E-state index >= 15 is 0 Å². The van der Waals surface area contributed by atoms with Crippen LogP contribution in [0.3, 0.4) is 0 Å². The number of ether oxygens (including phenoxy) is 1. The van der Waals surface area contributed by atoms with Gasteiger partial charge < -0.3 is 15.2 Å². The van der Waals surface area contributed by atoms with E-state index in [4.69, 9.17) is 9.84 Å². The van der Waals surface area contributed by atoms with Crippen molar-refractivity contribution >= 4 is 17.6 Å². The number of nitrogens with zero attached hydrogens (tertiary/aromatic N) is 1. The second-order valence-electron chi connectivity index (χ2n) is 4.33. The molecule has 0 saturated carbocycles. The van der Waals surface area contributed by atoms with E-state index in [-0.39, 0.29) is 24.3 Å². The van der Waals surface area contributed by atoms with Crippen LogP contribution in [0.2, 0.25) is 0 Å². The van der Waals surface area contributed by atoms with Crippen LogP contribution in [-0.2, 0) is 4.79 Å². The van der Waals surface area contributed by atoms with Crippen molar-refractivity contribution in [2.45, 2.75) is 18.9 Å². The van der Waals surface area contributed by atoms with Gasteiger partial charge in [0.1, 0.15) is 12.4 Å². The lowest BCUT2D eigenvalue weighted by Crippen LogP contribution is -2.31. The minimum absolute atomic E-state index is 0.0761. The molecule has 0 radical (unpaired) electrons. The van der Waals surface area contributed by atoms with E-state index in [1.165, 1.54) is 12.1 Å². The molecule has 1 amide bonds. The molecule has 0 aliphatic carbocycles. The quantitative estimate of drug-likeness (QED) is 0.612. The zero-order chi connectivity index (χ0) is 14.7. The molecule has 1 saturated heterocycles. The number of nitrogens with one attached hydrogen (secondary N) is 1. The Balaban J connectivity index is 2.18. The van der Waals surface area contributed by atoms with Crippen molar-refractivity contribution < 1.29 is 24.4 Å². The number of amides is 1. The molecule has 0 spiro atoms. The van der Waals surface area contributed by atoms with Crippen molar-refractivity contribution in [2.75, 3.05) is 6.61 Å². The lowest BCUT2D eigenvalue weighted by Gasteiger charge is -2.13. The summed E-state index contributed by atoms with van der Waals surface area (Å²) >= 11 is 0. The second-order valence-corrected chi connectivity index (χ2v) is 4.33. The van der Waals surface area contributed by atoms with E-state index < -0.39 is 22.1 Å². The average Bonchev–Trinajstić information content (AvgIpc) is 2.81. The van der Waals surface area contributed by atoms with Crippen LogP contribution in [0.25, 0.3) is 0 Å². The van der Waals surface area contributed by atoms with Crippen LogP contribution in [0.15, 0.2) is 18.2 Å². The summed E-state index contributed by atoms with van der Waals surface area (Å²) < 4.78 is 5.32. The molecule has 2 N–H and O–H groups in total. The number of carbonyl (C=O) groups is 2. The molecule has 1 aliphatic heterocycles. The fourth-order valence-corrected chi connectivity index (χ4v) is 2.00. The van der Waals surface area contributed by atoms with Gasteiger partial charge in [-0.05, 0) is 12.5 Å². The monoisotopic (exact) mass is 280 g/mol. The largest absolute Gasteiger partial charge is 0.490 e. The molecule has 8 heteroatoms. The predicted molar refractivity (Wildman–Crippen MR) is 66.7 cm³/mol. The van der Waals surface area contributed by atoms with Crippen LogP contribution < -0.4 is 10.1 Å². The summed E-state index contributed by atoms with van der Waals surface area (Å²) in [7, 11) is 0. The minimum atomic E-state index is -1.43. The van der Waals surface area contributed by atoms with Gasteiger partial charge in [-0.3, -0.25) is 14.9 Å². The number of rotatable bonds is 5. The Morgan fingerprint density at radius 3 is 2.85 bits per heavy atom. The summed E-state index contributed by atoms with van der Waals surface area (Å²) in [4.78, 5) is 32.2.